The largest absolute Gasteiger partial charge is 0.477 e. The maximum absolute atomic E-state index is 13.3. The third-order valence-electron chi connectivity index (χ3n) is 7.24. The first-order valence-corrected chi connectivity index (χ1v) is 14.2. The standard InChI is InChI=1S/C27H28N8O6S/c1-15-21(25(39)40)42-27(29-15)32-26-30-22(34-7-6-28-19(36)14-34)18-12-20(37)35(23(18)31-26)13-16-2-4-17(5-3-16)24(38)33-8-10-41-11-9-33/h2-5H,6-14H2,1H3,(H,28,36)(H,39,40)(H,29,30,31,32). The third-order valence-corrected chi connectivity index (χ3v) is 8.30. The van der Waals surface area contributed by atoms with E-state index in [2.05, 4.69) is 25.6 Å². The van der Waals surface area contributed by atoms with Gasteiger partial charge in [-0.05, 0) is 24.6 Å². The number of nitrogens with one attached hydrogen (secondary N) is 2. The second-order valence-corrected chi connectivity index (χ2v) is 11.1. The second-order valence-electron chi connectivity index (χ2n) is 10.1. The number of piperazine rings is 1. The number of fused-ring (bicyclic) bond motifs is 1. The number of ether oxygens (including phenoxy) is 1. The summed E-state index contributed by atoms with van der Waals surface area (Å²) in [6, 6.07) is 7.15. The Balaban J connectivity index is 1.30. The van der Waals surface area contributed by atoms with Crippen molar-refractivity contribution in [2.45, 2.75) is 19.9 Å². The van der Waals surface area contributed by atoms with Crippen LogP contribution in [0.3, 0.4) is 0 Å². The zero-order valence-electron chi connectivity index (χ0n) is 22.8. The molecule has 0 aliphatic carbocycles. The second kappa shape index (κ2) is 11.3. The van der Waals surface area contributed by atoms with Crippen LogP contribution in [0.25, 0.3) is 0 Å². The third kappa shape index (κ3) is 5.47. The number of rotatable bonds is 7. The van der Waals surface area contributed by atoms with Crippen molar-refractivity contribution in [3.05, 3.63) is 51.5 Å². The number of morpholine rings is 1. The van der Waals surface area contributed by atoms with Crippen LogP contribution in [0.1, 0.15) is 36.9 Å². The van der Waals surface area contributed by atoms with Gasteiger partial charge in [0.25, 0.3) is 5.91 Å². The van der Waals surface area contributed by atoms with Crippen LogP contribution in [-0.2, 0) is 27.3 Å². The number of benzene rings is 1. The molecular weight excluding hydrogens is 564 g/mol. The van der Waals surface area contributed by atoms with E-state index in [9.17, 15) is 24.3 Å². The van der Waals surface area contributed by atoms with Gasteiger partial charge >= 0.3 is 5.97 Å². The number of aromatic nitrogens is 3. The van der Waals surface area contributed by atoms with Crippen molar-refractivity contribution in [3.8, 4) is 0 Å². The molecule has 0 atom stereocenters. The summed E-state index contributed by atoms with van der Waals surface area (Å²) in [5.74, 6) is -0.475. The van der Waals surface area contributed by atoms with Gasteiger partial charge in [-0.1, -0.05) is 23.5 Å². The van der Waals surface area contributed by atoms with E-state index in [0.29, 0.717) is 73.0 Å². The number of amides is 3. The first kappa shape index (κ1) is 27.5. The lowest BCUT2D eigenvalue weighted by atomic mass is 10.1. The number of aromatic carboxylic acids is 1. The Bertz CT molecular complexity index is 1570. The fourth-order valence-electron chi connectivity index (χ4n) is 5.13. The quantitative estimate of drug-likeness (QED) is 0.360. The monoisotopic (exact) mass is 592 g/mol. The molecule has 15 heteroatoms. The maximum atomic E-state index is 13.3. The highest BCUT2D eigenvalue weighted by atomic mass is 32.1. The highest BCUT2D eigenvalue weighted by Crippen LogP contribution is 2.37. The summed E-state index contributed by atoms with van der Waals surface area (Å²) < 4.78 is 5.33. The number of carboxylic acid groups (broad SMARTS) is 1. The minimum atomic E-state index is -1.08. The molecule has 0 unspecified atom stereocenters. The van der Waals surface area contributed by atoms with Crippen molar-refractivity contribution >= 4 is 57.7 Å². The molecule has 0 saturated carbocycles. The minimum absolute atomic E-state index is 0.0606. The van der Waals surface area contributed by atoms with Gasteiger partial charge in [-0.15, -0.1) is 0 Å². The van der Waals surface area contributed by atoms with Gasteiger partial charge < -0.3 is 25.0 Å². The normalized spacial score (nSPS) is 16.8. The number of carbonyl (C=O) groups is 4. The van der Waals surface area contributed by atoms with Crippen LogP contribution in [-0.4, -0.2) is 94.6 Å². The van der Waals surface area contributed by atoms with Gasteiger partial charge in [-0.2, -0.15) is 9.97 Å². The molecule has 14 nitrogen and oxygen atoms in total. The van der Waals surface area contributed by atoms with Crippen molar-refractivity contribution < 1.29 is 29.0 Å². The number of carbonyl (C=O) groups excluding carboxylic acids is 3. The zero-order chi connectivity index (χ0) is 29.4. The number of nitrogens with zero attached hydrogens (tertiary/aromatic N) is 6. The van der Waals surface area contributed by atoms with Gasteiger partial charge in [-0.3, -0.25) is 24.6 Å². The summed E-state index contributed by atoms with van der Waals surface area (Å²) in [6.45, 7) is 4.97. The lowest BCUT2D eigenvalue weighted by Crippen LogP contribution is -2.48. The molecule has 218 valence electrons. The van der Waals surface area contributed by atoms with Crippen LogP contribution in [0.15, 0.2) is 24.3 Å². The SMILES string of the molecule is Cc1nc(Nc2nc(N3CCNC(=O)C3)c3c(n2)N(Cc2ccc(C(=O)N4CCOCC4)cc2)C(=O)C3)sc1C(=O)O. The van der Waals surface area contributed by atoms with E-state index in [-0.39, 0.29) is 48.1 Å². The van der Waals surface area contributed by atoms with Crippen LogP contribution in [0, 0.1) is 6.92 Å². The van der Waals surface area contributed by atoms with Crippen molar-refractivity contribution in [3.63, 3.8) is 0 Å². The van der Waals surface area contributed by atoms with E-state index in [1.165, 1.54) is 0 Å². The molecule has 0 bridgehead atoms. The van der Waals surface area contributed by atoms with Crippen LogP contribution in [0.2, 0.25) is 0 Å². The van der Waals surface area contributed by atoms with Crippen LogP contribution < -0.4 is 20.4 Å². The zero-order valence-corrected chi connectivity index (χ0v) is 23.6. The van der Waals surface area contributed by atoms with Gasteiger partial charge in [0.15, 0.2) is 5.13 Å². The van der Waals surface area contributed by atoms with Crippen molar-refractivity contribution in [1.29, 1.82) is 0 Å². The molecule has 1 aromatic carbocycles. The highest BCUT2D eigenvalue weighted by Gasteiger charge is 2.35. The predicted molar refractivity (Wildman–Crippen MR) is 152 cm³/mol. The average Bonchev–Trinajstić information content (AvgIpc) is 3.51. The highest BCUT2D eigenvalue weighted by molar-refractivity contribution is 7.17. The lowest BCUT2D eigenvalue weighted by Gasteiger charge is -2.29. The summed E-state index contributed by atoms with van der Waals surface area (Å²) in [6.07, 6.45) is 0.0657. The lowest BCUT2D eigenvalue weighted by molar-refractivity contribution is -0.120. The fraction of sp³-hybridized carbons (Fsp3) is 0.370. The molecule has 3 aliphatic rings. The maximum Gasteiger partial charge on any atom is 0.347 e. The van der Waals surface area contributed by atoms with Crippen molar-refractivity contribution in [2.75, 3.05) is 61.1 Å². The summed E-state index contributed by atoms with van der Waals surface area (Å²) in [5, 5.41) is 15.5. The summed E-state index contributed by atoms with van der Waals surface area (Å²) in [5.41, 5.74) is 2.34. The molecule has 6 rings (SSSR count). The topological polar surface area (TPSA) is 170 Å². The molecule has 0 spiro atoms. The summed E-state index contributed by atoms with van der Waals surface area (Å²) >= 11 is 0.957. The van der Waals surface area contributed by atoms with Crippen LogP contribution >= 0.6 is 11.3 Å². The Hall–Kier alpha value is -4.63. The first-order chi connectivity index (χ1) is 20.3. The molecule has 3 amide bonds. The van der Waals surface area contributed by atoms with E-state index in [4.69, 9.17) is 4.74 Å². The van der Waals surface area contributed by atoms with Crippen molar-refractivity contribution in [2.24, 2.45) is 0 Å². The van der Waals surface area contributed by atoms with Crippen LogP contribution in [0.5, 0.6) is 0 Å². The van der Waals surface area contributed by atoms with E-state index in [1.807, 2.05) is 17.0 Å². The number of hydrogen-bond donors (Lipinski definition) is 3. The van der Waals surface area contributed by atoms with Crippen LogP contribution in [0.4, 0.5) is 22.7 Å². The Morgan fingerprint density at radius 1 is 1.07 bits per heavy atom. The van der Waals surface area contributed by atoms with E-state index in [0.717, 1.165) is 16.9 Å². The number of anilines is 4. The molecule has 3 N–H and O–H groups in total. The number of carboxylic acids is 1. The predicted octanol–water partition coefficient (Wildman–Crippen LogP) is 1.18. The van der Waals surface area contributed by atoms with E-state index < -0.39 is 5.97 Å². The molecule has 5 heterocycles. The molecule has 3 aliphatic heterocycles. The Morgan fingerprint density at radius 2 is 1.81 bits per heavy atom. The molecule has 2 aromatic heterocycles. The smallest absolute Gasteiger partial charge is 0.347 e. The molecular formula is C27H28N8O6S. The molecule has 2 fully saturated rings. The number of aryl methyl sites for hydroxylation is 1. The van der Waals surface area contributed by atoms with Gasteiger partial charge in [-0.25, -0.2) is 9.78 Å². The average molecular weight is 593 g/mol. The fourth-order valence-corrected chi connectivity index (χ4v) is 5.93. The summed E-state index contributed by atoms with van der Waals surface area (Å²) in [4.78, 5) is 68.6. The number of hydrogen-bond acceptors (Lipinski definition) is 11. The number of thiazole rings is 1. The van der Waals surface area contributed by atoms with Gasteiger partial charge in [0, 0.05) is 37.3 Å². The molecule has 2 saturated heterocycles. The Kier molecular flexibility index (Phi) is 7.43. The first-order valence-electron chi connectivity index (χ1n) is 13.4. The van der Waals surface area contributed by atoms with Crippen molar-refractivity contribution in [1.82, 2.24) is 25.2 Å². The molecule has 42 heavy (non-hydrogen) atoms. The molecule has 0 radical (unpaired) electrons. The summed E-state index contributed by atoms with van der Waals surface area (Å²) in [7, 11) is 0. The molecule has 3 aromatic rings. The van der Waals surface area contributed by atoms with Gasteiger partial charge in [0.1, 0.15) is 16.5 Å². The van der Waals surface area contributed by atoms with E-state index in [1.54, 1.807) is 28.9 Å². The Labute approximate surface area is 244 Å². The van der Waals surface area contributed by atoms with E-state index >= 15 is 0 Å². The minimum Gasteiger partial charge on any atom is -0.477 e. The van der Waals surface area contributed by atoms with Gasteiger partial charge in [0.2, 0.25) is 17.8 Å². The van der Waals surface area contributed by atoms with Gasteiger partial charge in [0.05, 0.1) is 38.4 Å². The Morgan fingerprint density at radius 3 is 2.50 bits per heavy atom.